The van der Waals surface area contributed by atoms with Crippen LogP contribution in [0.5, 0.6) is 0 Å². The van der Waals surface area contributed by atoms with Crippen LogP contribution in [0.4, 0.5) is 0 Å². The first-order chi connectivity index (χ1) is 7.88. The fourth-order valence-electron chi connectivity index (χ4n) is 1.22. The van der Waals surface area contributed by atoms with E-state index < -0.39 is 16.1 Å². The fraction of sp³-hybridized carbons (Fsp3) is 0.500. The maximum atomic E-state index is 12.0. The van der Waals surface area contributed by atoms with Gasteiger partial charge in [-0.1, -0.05) is 25.4 Å². The van der Waals surface area contributed by atoms with E-state index in [1.807, 2.05) is 13.8 Å². The number of hydrogen-bond donors (Lipinski definition) is 2. The molecular formula is C10H15ClN2O3S. The van der Waals surface area contributed by atoms with E-state index in [1.165, 1.54) is 18.3 Å². The van der Waals surface area contributed by atoms with Crippen LogP contribution in [0.25, 0.3) is 0 Å². The van der Waals surface area contributed by atoms with Gasteiger partial charge >= 0.3 is 0 Å². The highest BCUT2D eigenvalue weighted by Crippen LogP contribution is 2.18. The zero-order chi connectivity index (χ0) is 13.1. The molecule has 0 spiro atoms. The summed E-state index contributed by atoms with van der Waals surface area (Å²) in [5.74, 6) is -0.0229. The van der Waals surface area contributed by atoms with E-state index in [4.69, 9.17) is 16.7 Å². The number of aliphatic hydroxyl groups is 1. The molecule has 2 N–H and O–H groups in total. The van der Waals surface area contributed by atoms with Crippen LogP contribution < -0.4 is 4.72 Å². The molecule has 5 nitrogen and oxygen atoms in total. The molecule has 0 aliphatic rings. The van der Waals surface area contributed by atoms with Crippen LogP contribution in [0.2, 0.25) is 5.15 Å². The summed E-state index contributed by atoms with van der Waals surface area (Å²) in [4.78, 5) is 3.62. The molecule has 1 heterocycles. The zero-order valence-electron chi connectivity index (χ0n) is 9.59. The highest BCUT2D eigenvalue weighted by Gasteiger charge is 2.24. The molecule has 1 aromatic rings. The topological polar surface area (TPSA) is 79.3 Å². The minimum atomic E-state index is -3.75. The number of pyridine rings is 1. The van der Waals surface area contributed by atoms with E-state index in [-0.39, 0.29) is 22.6 Å². The van der Waals surface area contributed by atoms with Crippen LogP contribution in [0.3, 0.4) is 0 Å². The van der Waals surface area contributed by atoms with Crippen LogP contribution in [-0.4, -0.2) is 31.2 Å². The molecule has 1 aromatic heterocycles. The lowest BCUT2D eigenvalue weighted by atomic mass is 10.1. The molecule has 0 saturated carbocycles. The first-order valence-electron chi connectivity index (χ1n) is 5.12. The van der Waals surface area contributed by atoms with Gasteiger partial charge in [0.15, 0.2) is 0 Å². The molecule has 17 heavy (non-hydrogen) atoms. The van der Waals surface area contributed by atoms with Gasteiger partial charge in [-0.3, -0.25) is 0 Å². The lowest BCUT2D eigenvalue weighted by Gasteiger charge is -2.19. The van der Waals surface area contributed by atoms with Gasteiger partial charge in [0.2, 0.25) is 10.0 Å². The smallest absolute Gasteiger partial charge is 0.243 e. The summed E-state index contributed by atoms with van der Waals surface area (Å²) in [6, 6.07) is 2.31. The van der Waals surface area contributed by atoms with Crippen molar-refractivity contribution in [2.75, 3.05) is 6.61 Å². The fourth-order valence-corrected chi connectivity index (χ4v) is 3.05. The Kier molecular flexibility index (Phi) is 4.88. The highest BCUT2D eigenvalue weighted by molar-refractivity contribution is 7.89. The third-order valence-corrected chi connectivity index (χ3v) is 4.26. The molecule has 7 heteroatoms. The van der Waals surface area contributed by atoms with E-state index in [1.54, 1.807) is 0 Å². The molecule has 1 rings (SSSR count). The average Bonchev–Trinajstić information content (AvgIpc) is 2.26. The summed E-state index contributed by atoms with van der Waals surface area (Å²) >= 11 is 5.72. The second kappa shape index (κ2) is 5.77. The van der Waals surface area contributed by atoms with Gasteiger partial charge in [-0.05, 0) is 18.1 Å². The van der Waals surface area contributed by atoms with Crippen LogP contribution in [-0.2, 0) is 10.0 Å². The SMILES string of the molecule is CC(C)C(CO)NS(=O)(=O)c1cccnc1Cl. The molecule has 0 aliphatic carbocycles. The summed E-state index contributed by atoms with van der Waals surface area (Å²) in [6.07, 6.45) is 1.41. The Bertz CT molecular complexity index is 476. The van der Waals surface area contributed by atoms with Crippen molar-refractivity contribution in [3.63, 3.8) is 0 Å². The highest BCUT2D eigenvalue weighted by atomic mass is 35.5. The van der Waals surface area contributed by atoms with E-state index in [2.05, 4.69) is 9.71 Å². The molecule has 1 unspecified atom stereocenters. The first kappa shape index (κ1) is 14.4. The van der Waals surface area contributed by atoms with Gasteiger partial charge < -0.3 is 5.11 Å². The van der Waals surface area contributed by atoms with Crippen molar-refractivity contribution in [3.8, 4) is 0 Å². The summed E-state index contributed by atoms with van der Waals surface area (Å²) in [5, 5.41) is 9.02. The van der Waals surface area contributed by atoms with Crippen LogP contribution in [0.1, 0.15) is 13.8 Å². The predicted octanol–water partition coefficient (Wildman–Crippen LogP) is 1.03. The molecule has 0 amide bonds. The van der Waals surface area contributed by atoms with Gasteiger partial charge in [0.05, 0.1) is 6.61 Å². The van der Waals surface area contributed by atoms with Gasteiger partial charge in [-0.2, -0.15) is 0 Å². The zero-order valence-corrected chi connectivity index (χ0v) is 11.2. The number of nitrogens with one attached hydrogen (secondary N) is 1. The minimum absolute atomic E-state index is 0.0229. The van der Waals surface area contributed by atoms with Crippen LogP contribution >= 0.6 is 11.6 Å². The van der Waals surface area contributed by atoms with Gasteiger partial charge in [0, 0.05) is 12.2 Å². The van der Waals surface area contributed by atoms with Gasteiger partial charge in [0.25, 0.3) is 0 Å². The molecule has 1 atom stereocenters. The average molecular weight is 279 g/mol. The number of sulfonamides is 1. The van der Waals surface area contributed by atoms with E-state index in [0.29, 0.717) is 0 Å². The van der Waals surface area contributed by atoms with E-state index >= 15 is 0 Å². The molecule has 0 saturated heterocycles. The third-order valence-electron chi connectivity index (χ3n) is 2.32. The maximum Gasteiger partial charge on any atom is 0.243 e. The van der Waals surface area contributed by atoms with E-state index in [0.717, 1.165) is 0 Å². The monoisotopic (exact) mass is 278 g/mol. The van der Waals surface area contributed by atoms with Crippen LogP contribution in [0, 0.1) is 5.92 Å². The lowest BCUT2D eigenvalue weighted by Crippen LogP contribution is -2.41. The summed E-state index contributed by atoms with van der Waals surface area (Å²) in [7, 11) is -3.75. The van der Waals surface area contributed by atoms with E-state index in [9.17, 15) is 8.42 Å². The van der Waals surface area contributed by atoms with Crippen molar-refractivity contribution in [2.45, 2.75) is 24.8 Å². The summed E-state index contributed by atoms with van der Waals surface area (Å²) < 4.78 is 26.4. The maximum absolute atomic E-state index is 12.0. The van der Waals surface area contributed by atoms with Crippen molar-refractivity contribution < 1.29 is 13.5 Å². The van der Waals surface area contributed by atoms with Crippen molar-refractivity contribution >= 4 is 21.6 Å². The predicted molar refractivity (Wildman–Crippen MR) is 65.3 cm³/mol. The van der Waals surface area contributed by atoms with Crippen molar-refractivity contribution in [3.05, 3.63) is 23.5 Å². The minimum Gasteiger partial charge on any atom is -0.395 e. The van der Waals surface area contributed by atoms with Crippen molar-refractivity contribution in [1.82, 2.24) is 9.71 Å². The third kappa shape index (κ3) is 3.64. The Morgan fingerprint density at radius 1 is 1.53 bits per heavy atom. The quantitative estimate of drug-likeness (QED) is 0.789. The molecule has 0 radical (unpaired) electrons. The van der Waals surface area contributed by atoms with Crippen molar-refractivity contribution in [2.24, 2.45) is 5.92 Å². The number of rotatable bonds is 5. The normalized spacial score (nSPS) is 13.9. The standard InChI is InChI=1S/C10H15ClN2O3S/c1-7(2)8(6-14)13-17(15,16)9-4-3-5-12-10(9)11/h3-5,7-8,13-14H,6H2,1-2H3. The summed E-state index contributed by atoms with van der Waals surface area (Å²) in [6.45, 7) is 3.36. The largest absolute Gasteiger partial charge is 0.395 e. The molecule has 96 valence electrons. The van der Waals surface area contributed by atoms with Crippen LogP contribution in [0.15, 0.2) is 23.2 Å². The second-order valence-corrected chi connectivity index (χ2v) is 5.99. The molecule has 0 aliphatic heterocycles. The first-order valence-corrected chi connectivity index (χ1v) is 6.98. The van der Waals surface area contributed by atoms with Gasteiger partial charge in [-0.15, -0.1) is 0 Å². The van der Waals surface area contributed by atoms with Gasteiger partial charge in [-0.25, -0.2) is 18.1 Å². The Balaban J connectivity index is 3.01. The molecular weight excluding hydrogens is 264 g/mol. The molecule has 0 bridgehead atoms. The van der Waals surface area contributed by atoms with Crippen molar-refractivity contribution in [1.29, 1.82) is 0 Å². The lowest BCUT2D eigenvalue weighted by molar-refractivity contribution is 0.227. The Labute approximate surface area is 106 Å². The summed E-state index contributed by atoms with van der Waals surface area (Å²) in [5.41, 5.74) is 0. The number of halogens is 1. The van der Waals surface area contributed by atoms with Gasteiger partial charge in [0.1, 0.15) is 10.0 Å². The molecule has 0 fully saturated rings. The molecule has 0 aromatic carbocycles. The Morgan fingerprint density at radius 3 is 2.65 bits per heavy atom. The number of nitrogens with zero attached hydrogens (tertiary/aromatic N) is 1. The second-order valence-electron chi connectivity index (χ2n) is 3.95. The number of hydrogen-bond acceptors (Lipinski definition) is 4. The Hall–Kier alpha value is -0.690. The number of aliphatic hydroxyl groups excluding tert-OH is 1. The Morgan fingerprint density at radius 2 is 2.18 bits per heavy atom. The number of aromatic nitrogens is 1.